The van der Waals surface area contributed by atoms with Crippen molar-refractivity contribution in [2.24, 2.45) is 5.73 Å². The molecule has 0 saturated carbocycles. The SMILES string of the molecule is CCc1c(-c2ccc(Cl)cc2)c(C(N)=O)c(C)n1Cc1ccc2c(c1)OCO2. The number of nitrogens with zero attached hydrogens (tertiary/aromatic N) is 1. The number of aromatic nitrogens is 1. The highest BCUT2D eigenvalue weighted by Gasteiger charge is 2.24. The van der Waals surface area contributed by atoms with Gasteiger partial charge in [-0.05, 0) is 48.7 Å². The molecule has 2 heterocycles. The summed E-state index contributed by atoms with van der Waals surface area (Å²) in [6, 6.07) is 13.4. The van der Waals surface area contributed by atoms with E-state index in [4.69, 9.17) is 26.8 Å². The second kappa shape index (κ2) is 7.24. The van der Waals surface area contributed by atoms with E-state index in [1.807, 2.05) is 49.4 Å². The van der Waals surface area contributed by atoms with Crippen LogP contribution in [0.4, 0.5) is 0 Å². The summed E-state index contributed by atoms with van der Waals surface area (Å²) in [6.07, 6.45) is 0.761. The number of benzene rings is 2. The number of hydrogen-bond acceptors (Lipinski definition) is 3. The van der Waals surface area contributed by atoms with Crippen molar-refractivity contribution in [1.82, 2.24) is 4.57 Å². The van der Waals surface area contributed by atoms with E-state index in [9.17, 15) is 4.79 Å². The molecule has 144 valence electrons. The number of halogens is 1. The molecule has 1 aliphatic rings. The molecule has 5 nitrogen and oxygen atoms in total. The van der Waals surface area contributed by atoms with Crippen molar-refractivity contribution in [2.75, 3.05) is 6.79 Å². The first-order valence-corrected chi connectivity index (χ1v) is 9.53. The van der Waals surface area contributed by atoms with Gasteiger partial charge in [-0.1, -0.05) is 36.7 Å². The third-order valence-electron chi connectivity index (χ3n) is 5.12. The standard InChI is InChI=1S/C22H21ClN2O3/c1-3-17-21(15-5-7-16(23)8-6-15)20(22(24)26)13(2)25(17)11-14-4-9-18-19(10-14)28-12-27-18/h4-10H,3,11-12H2,1-2H3,(H2,24,26). The summed E-state index contributed by atoms with van der Waals surface area (Å²) >= 11 is 6.05. The number of primary amides is 1. The topological polar surface area (TPSA) is 66.5 Å². The molecule has 0 atom stereocenters. The number of amides is 1. The van der Waals surface area contributed by atoms with Gasteiger partial charge < -0.3 is 19.8 Å². The van der Waals surface area contributed by atoms with Crippen LogP contribution in [-0.2, 0) is 13.0 Å². The normalized spacial score (nSPS) is 12.4. The highest BCUT2D eigenvalue weighted by atomic mass is 35.5. The van der Waals surface area contributed by atoms with E-state index in [1.165, 1.54) is 0 Å². The second-order valence-corrected chi connectivity index (χ2v) is 7.22. The van der Waals surface area contributed by atoms with Crippen molar-refractivity contribution < 1.29 is 14.3 Å². The first kappa shape index (κ1) is 18.4. The van der Waals surface area contributed by atoms with Crippen LogP contribution >= 0.6 is 11.6 Å². The quantitative estimate of drug-likeness (QED) is 0.687. The van der Waals surface area contributed by atoms with Gasteiger partial charge in [0.1, 0.15) is 0 Å². The van der Waals surface area contributed by atoms with Crippen molar-refractivity contribution in [2.45, 2.75) is 26.8 Å². The molecule has 2 N–H and O–H groups in total. The van der Waals surface area contributed by atoms with Crippen LogP contribution in [0, 0.1) is 6.92 Å². The van der Waals surface area contributed by atoms with Crippen LogP contribution in [0.3, 0.4) is 0 Å². The van der Waals surface area contributed by atoms with E-state index in [-0.39, 0.29) is 6.79 Å². The Labute approximate surface area is 168 Å². The predicted molar refractivity (Wildman–Crippen MR) is 109 cm³/mol. The fraction of sp³-hybridized carbons (Fsp3) is 0.227. The van der Waals surface area contributed by atoms with E-state index in [2.05, 4.69) is 11.5 Å². The van der Waals surface area contributed by atoms with Crippen LogP contribution in [0.25, 0.3) is 11.1 Å². The molecule has 0 saturated heterocycles. The van der Waals surface area contributed by atoms with Crippen LogP contribution in [0.15, 0.2) is 42.5 Å². The van der Waals surface area contributed by atoms with E-state index in [0.717, 1.165) is 46.0 Å². The molecular formula is C22H21ClN2O3. The lowest BCUT2D eigenvalue weighted by atomic mass is 9.99. The van der Waals surface area contributed by atoms with Gasteiger partial charge in [-0.25, -0.2) is 0 Å². The molecule has 0 unspecified atom stereocenters. The van der Waals surface area contributed by atoms with E-state index >= 15 is 0 Å². The maximum Gasteiger partial charge on any atom is 0.251 e. The maximum absolute atomic E-state index is 12.3. The molecule has 6 heteroatoms. The van der Waals surface area contributed by atoms with Crippen LogP contribution in [0.1, 0.15) is 34.2 Å². The molecule has 2 aromatic carbocycles. The number of hydrogen-bond donors (Lipinski definition) is 1. The molecule has 1 amide bonds. The molecule has 1 aromatic heterocycles. The number of fused-ring (bicyclic) bond motifs is 1. The number of rotatable bonds is 5. The van der Waals surface area contributed by atoms with Crippen LogP contribution in [0.2, 0.25) is 5.02 Å². The fourth-order valence-electron chi connectivity index (χ4n) is 3.83. The van der Waals surface area contributed by atoms with Crippen LogP contribution in [0.5, 0.6) is 11.5 Å². The van der Waals surface area contributed by atoms with Gasteiger partial charge in [-0.3, -0.25) is 4.79 Å². The number of nitrogens with two attached hydrogens (primary N) is 1. The van der Waals surface area contributed by atoms with Crippen molar-refractivity contribution in [3.8, 4) is 22.6 Å². The summed E-state index contributed by atoms with van der Waals surface area (Å²) in [5.41, 5.74) is 11.1. The molecule has 28 heavy (non-hydrogen) atoms. The minimum absolute atomic E-state index is 0.244. The molecule has 0 spiro atoms. The Bertz CT molecular complexity index is 1050. The predicted octanol–water partition coefficient (Wildman–Crippen LogP) is 4.56. The van der Waals surface area contributed by atoms with Gasteiger partial charge in [0.05, 0.1) is 5.56 Å². The van der Waals surface area contributed by atoms with Gasteiger partial charge in [0.15, 0.2) is 11.5 Å². The van der Waals surface area contributed by atoms with Crippen LogP contribution in [-0.4, -0.2) is 17.3 Å². The Hall–Kier alpha value is -2.92. The molecule has 1 aliphatic heterocycles. The Kier molecular flexibility index (Phi) is 4.77. The lowest BCUT2D eigenvalue weighted by molar-refractivity contribution is 0.1000. The summed E-state index contributed by atoms with van der Waals surface area (Å²) in [4.78, 5) is 12.3. The maximum atomic E-state index is 12.3. The van der Waals surface area contributed by atoms with Gasteiger partial charge in [0.25, 0.3) is 5.91 Å². The zero-order chi connectivity index (χ0) is 19.8. The van der Waals surface area contributed by atoms with Crippen molar-refractivity contribution in [3.63, 3.8) is 0 Å². The Morgan fingerprint density at radius 2 is 1.86 bits per heavy atom. The van der Waals surface area contributed by atoms with Gasteiger partial charge in [0.2, 0.25) is 6.79 Å². The lowest BCUT2D eigenvalue weighted by Crippen LogP contribution is -2.13. The lowest BCUT2D eigenvalue weighted by Gasteiger charge is -2.12. The van der Waals surface area contributed by atoms with Gasteiger partial charge in [0, 0.05) is 28.5 Å². The Morgan fingerprint density at radius 1 is 1.14 bits per heavy atom. The van der Waals surface area contributed by atoms with Crippen molar-refractivity contribution in [1.29, 1.82) is 0 Å². The smallest absolute Gasteiger partial charge is 0.251 e. The van der Waals surface area contributed by atoms with Crippen molar-refractivity contribution >= 4 is 17.5 Å². The van der Waals surface area contributed by atoms with Gasteiger partial charge >= 0.3 is 0 Å². The molecule has 0 fully saturated rings. The summed E-state index contributed by atoms with van der Waals surface area (Å²) in [5, 5.41) is 0.652. The average molecular weight is 397 g/mol. The first-order valence-electron chi connectivity index (χ1n) is 9.15. The zero-order valence-corrected chi connectivity index (χ0v) is 16.5. The molecule has 0 bridgehead atoms. The minimum Gasteiger partial charge on any atom is -0.454 e. The molecule has 0 aliphatic carbocycles. The largest absolute Gasteiger partial charge is 0.454 e. The zero-order valence-electron chi connectivity index (χ0n) is 15.8. The number of ether oxygens (including phenoxy) is 2. The van der Waals surface area contributed by atoms with Gasteiger partial charge in [-0.2, -0.15) is 0 Å². The minimum atomic E-state index is -0.429. The second-order valence-electron chi connectivity index (χ2n) is 6.78. The molecule has 4 rings (SSSR count). The summed E-state index contributed by atoms with van der Waals surface area (Å²) < 4.78 is 13.0. The third kappa shape index (κ3) is 3.12. The molecular weight excluding hydrogens is 376 g/mol. The highest BCUT2D eigenvalue weighted by Crippen LogP contribution is 2.36. The first-order chi connectivity index (χ1) is 13.5. The summed E-state index contributed by atoms with van der Waals surface area (Å²) in [5.74, 6) is 1.07. The highest BCUT2D eigenvalue weighted by molar-refractivity contribution is 6.30. The van der Waals surface area contributed by atoms with E-state index in [1.54, 1.807) is 0 Å². The monoisotopic (exact) mass is 396 g/mol. The summed E-state index contributed by atoms with van der Waals surface area (Å²) in [6.45, 7) is 4.87. The molecule has 0 radical (unpaired) electrons. The summed E-state index contributed by atoms with van der Waals surface area (Å²) in [7, 11) is 0. The number of carbonyl (C=O) groups excluding carboxylic acids is 1. The average Bonchev–Trinajstić information content (AvgIpc) is 3.25. The molecule has 3 aromatic rings. The third-order valence-corrected chi connectivity index (χ3v) is 5.37. The van der Waals surface area contributed by atoms with Gasteiger partial charge in [-0.15, -0.1) is 0 Å². The van der Waals surface area contributed by atoms with E-state index in [0.29, 0.717) is 17.1 Å². The number of carbonyl (C=O) groups is 1. The van der Waals surface area contributed by atoms with Crippen LogP contribution < -0.4 is 15.2 Å². The Balaban J connectivity index is 1.84. The van der Waals surface area contributed by atoms with Crippen molar-refractivity contribution in [3.05, 3.63) is 70.0 Å². The Morgan fingerprint density at radius 3 is 2.54 bits per heavy atom. The fourth-order valence-corrected chi connectivity index (χ4v) is 3.96. The van der Waals surface area contributed by atoms with E-state index < -0.39 is 5.91 Å².